The first-order valence-corrected chi connectivity index (χ1v) is 11.5. The number of amides is 1. The molecule has 10 heteroatoms. The average molecular weight is 495 g/mol. The number of carbonyl (C=O) groups excluding carboxylic acids is 1. The van der Waals surface area contributed by atoms with Gasteiger partial charge in [-0.2, -0.15) is 0 Å². The van der Waals surface area contributed by atoms with Gasteiger partial charge in [-0.15, -0.1) is 0 Å². The standard InChI is InChI=1S/C22H20Cl2N2O5S/c1-30-18-8-6-15(20(12-18)31-2)13-25-22(27)14-4-3-5-17(10-14)26-32(28,29)21-11-16(23)7-9-19(21)24/h3-12,26H,13H2,1-2H3,(H,25,27). The van der Waals surface area contributed by atoms with Gasteiger partial charge in [0.2, 0.25) is 0 Å². The summed E-state index contributed by atoms with van der Waals surface area (Å²) in [5.41, 5.74) is 1.24. The van der Waals surface area contributed by atoms with Crippen LogP contribution in [0.5, 0.6) is 11.5 Å². The Morgan fingerprint density at radius 3 is 2.47 bits per heavy atom. The van der Waals surface area contributed by atoms with Gasteiger partial charge in [0.1, 0.15) is 16.4 Å². The monoisotopic (exact) mass is 494 g/mol. The summed E-state index contributed by atoms with van der Waals surface area (Å²) in [5.74, 6) is 0.825. The summed E-state index contributed by atoms with van der Waals surface area (Å²) in [6, 6.07) is 15.5. The number of ether oxygens (including phenoxy) is 2. The largest absolute Gasteiger partial charge is 0.497 e. The summed E-state index contributed by atoms with van der Waals surface area (Å²) >= 11 is 11.9. The van der Waals surface area contributed by atoms with Gasteiger partial charge < -0.3 is 14.8 Å². The fourth-order valence-corrected chi connectivity index (χ4v) is 4.71. The fourth-order valence-electron chi connectivity index (χ4n) is 2.89. The molecule has 0 radical (unpaired) electrons. The molecule has 0 fully saturated rings. The Morgan fingerprint density at radius 1 is 0.969 bits per heavy atom. The number of halogens is 2. The molecule has 1 amide bonds. The van der Waals surface area contributed by atoms with E-state index >= 15 is 0 Å². The Balaban J connectivity index is 1.74. The van der Waals surface area contributed by atoms with Crippen LogP contribution in [-0.4, -0.2) is 28.5 Å². The molecule has 0 heterocycles. The van der Waals surface area contributed by atoms with Crippen molar-refractivity contribution in [1.29, 1.82) is 0 Å². The van der Waals surface area contributed by atoms with Gasteiger partial charge in [0.25, 0.3) is 15.9 Å². The lowest BCUT2D eigenvalue weighted by molar-refractivity contribution is 0.0950. The van der Waals surface area contributed by atoms with E-state index in [9.17, 15) is 13.2 Å². The molecule has 168 valence electrons. The molecule has 3 aromatic carbocycles. The molecule has 0 aliphatic heterocycles. The predicted octanol–water partition coefficient (Wildman–Crippen LogP) is 4.74. The summed E-state index contributed by atoms with van der Waals surface area (Å²) in [4.78, 5) is 12.5. The van der Waals surface area contributed by atoms with Gasteiger partial charge in [-0.1, -0.05) is 29.3 Å². The van der Waals surface area contributed by atoms with Crippen LogP contribution in [0.25, 0.3) is 0 Å². The second kappa shape index (κ2) is 10.1. The second-order valence-corrected chi connectivity index (χ2v) is 9.12. The number of carbonyl (C=O) groups is 1. The molecule has 0 saturated heterocycles. The predicted molar refractivity (Wildman–Crippen MR) is 124 cm³/mol. The lowest BCUT2D eigenvalue weighted by Gasteiger charge is -2.13. The summed E-state index contributed by atoms with van der Waals surface area (Å²) in [6.45, 7) is 0.208. The first-order valence-electron chi connectivity index (χ1n) is 9.30. The molecule has 3 rings (SSSR count). The third kappa shape index (κ3) is 5.64. The molecule has 0 aliphatic carbocycles. The smallest absolute Gasteiger partial charge is 0.263 e. The molecule has 2 N–H and O–H groups in total. The Kier molecular flexibility index (Phi) is 7.50. The van der Waals surface area contributed by atoms with Crippen molar-refractivity contribution in [1.82, 2.24) is 5.32 Å². The quantitative estimate of drug-likeness (QED) is 0.471. The van der Waals surface area contributed by atoms with Crippen LogP contribution >= 0.6 is 23.2 Å². The number of hydrogen-bond donors (Lipinski definition) is 2. The zero-order valence-electron chi connectivity index (χ0n) is 17.2. The normalized spacial score (nSPS) is 11.0. The lowest BCUT2D eigenvalue weighted by atomic mass is 10.1. The molecule has 0 aromatic heterocycles. The fraction of sp³-hybridized carbons (Fsp3) is 0.136. The molecule has 0 atom stereocenters. The van der Waals surface area contributed by atoms with Gasteiger partial charge in [0, 0.05) is 34.4 Å². The molecule has 3 aromatic rings. The van der Waals surface area contributed by atoms with Crippen LogP contribution in [0.4, 0.5) is 5.69 Å². The first kappa shape index (κ1) is 23.7. The first-order chi connectivity index (χ1) is 15.2. The third-order valence-electron chi connectivity index (χ3n) is 4.49. The van der Waals surface area contributed by atoms with Gasteiger partial charge >= 0.3 is 0 Å². The van der Waals surface area contributed by atoms with Gasteiger partial charge in [-0.25, -0.2) is 8.42 Å². The van der Waals surface area contributed by atoms with Crippen LogP contribution in [0.2, 0.25) is 10.0 Å². The van der Waals surface area contributed by atoms with Crippen LogP contribution < -0.4 is 19.5 Å². The van der Waals surface area contributed by atoms with Crippen molar-refractivity contribution in [3.8, 4) is 11.5 Å². The van der Waals surface area contributed by atoms with Gasteiger partial charge in [0.05, 0.1) is 19.2 Å². The van der Waals surface area contributed by atoms with E-state index in [2.05, 4.69) is 10.0 Å². The number of benzene rings is 3. The molecule has 0 unspecified atom stereocenters. The van der Waals surface area contributed by atoms with Crippen molar-refractivity contribution in [2.45, 2.75) is 11.4 Å². The maximum atomic E-state index is 12.7. The van der Waals surface area contributed by atoms with E-state index in [1.54, 1.807) is 37.4 Å². The van der Waals surface area contributed by atoms with Gasteiger partial charge in [0.15, 0.2) is 0 Å². The van der Waals surface area contributed by atoms with Crippen molar-refractivity contribution in [2.75, 3.05) is 18.9 Å². The number of nitrogens with one attached hydrogen (secondary N) is 2. The highest BCUT2D eigenvalue weighted by atomic mass is 35.5. The minimum Gasteiger partial charge on any atom is -0.497 e. The van der Waals surface area contributed by atoms with E-state index in [0.717, 1.165) is 5.56 Å². The Morgan fingerprint density at radius 2 is 1.75 bits per heavy atom. The molecule has 0 saturated carbocycles. The van der Waals surface area contributed by atoms with Gasteiger partial charge in [-0.05, 0) is 48.5 Å². The molecular formula is C22H20Cl2N2O5S. The Bertz CT molecular complexity index is 1250. The molecule has 0 aliphatic rings. The van der Waals surface area contributed by atoms with Crippen LogP contribution in [0.3, 0.4) is 0 Å². The maximum Gasteiger partial charge on any atom is 0.263 e. The molecular weight excluding hydrogens is 475 g/mol. The van der Waals surface area contributed by atoms with Crippen LogP contribution in [-0.2, 0) is 16.6 Å². The molecule has 7 nitrogen and oxygen atoms in total. The van der Waals surface area contributed by atoms with E-state index in [1.807, 2.05) is 0 Å². The summed E-state index contributed by atoms with van der Waals surface area (Å²) in [6.07, 6.45) is 0. The van der Waals surface area contributed by atoms with Crippen molar-refractivity contribution in [2.24, 2.45) is 0 Å². The van der Waals surface area contributed by atoms with E-state index in [0.29, 0.717) is 11.5 Å². The Hall–Kier alpha value is -2.94. The topological polar surface area (TPSA) is 93.7 Å². The summed E-state index contributed by atoms with van der Waals surface area (Å²) in [5, 5.41) is 3.06. The number of methoxy groups -OCH3 is 2. The maximum absolute atomic E-state index is 12.7. The molecule has 32 heavy (non-hydrogen) atoms. The van der Waals surface area contributed by atoms with Crippen molar-refractivity contribution >= 4 is 44.8 Å². The van der Waals surface area contributed by atoms with Crippen molar-refractivity contribution in [3.05, 3.63) is 81.8 Å². The second-order valence-electron chi connectivity index (χ2n) is 6.62. The Labute approximate surface area is 196 Å². The zero-order valence-corrected chi connectivity index (χ0v) is 19.5. The highest BCUT2D eigenvalue weighted by Crippen LogP contribution is 2.27. The zero-order chi connectivity index (χ0) is 23.3. The van der Waals surface area contributed by atoms with Crippen LogP contribution in [0.1, 0.15) is 15.9 Å². The summed E-state index contributed by atoms with van der Waals surface area (Å²) in [7, 11) is -0.923. The van der Waals surface area contributed by atoms with Crippen LogP contribution in [0.15, 0.2) is 65.6 Å². The number of anilines is 1. The lowest BCUT2D eigenvalue weighted by Crippen LogP contribution is -2.23. The average Bonchev–Trinajstić information content (AvgIpc) is 2.78. The van der Waals surface area contributed by atoms with Crippen molar-refractivity contribution < 1.29 is 22.7 Å². The minimum absolute atomic E-state index is 0.0317. The van der Waals surface area contributed by atoms with E-state index in [4.69, 9.17) is 32.7 Å². The van der Waals surface area contributed by atoms with Crippen LogP contribution in [0, 0.1) is 0 Å². The molecule has 0 bridgehead atoms. The minimum atomic E-state index is -4.01. The highest BCUT2D eigenvalue weighted by molar-refractivity contribution is 7.92. The molecule has 0 spiro atoms. The SMILES string of the molecule is COc1ccc(CNC(=O)c2cccc(NS(=O)(=O)c3cc(Cl)ccc3Cl)c2)c(OC)c1. The van der Waals surface area contributed by atoms with E-state index in [-0.39, 0.29) is 38.6 Å². The summed E-state index contributed by atoms with van der Waals surface area (Å²) < 4.78 is 38.3. The van der Waals surface area contributed by atoms with Crippen molar-refractivity contribution in [3.63, 3.8) is 0 Å². The van der Waals surface area contributed by atoms with E-state index in [1.165, 1.54) is 37.4 Å². The highest BCUT2D eigenvalue weighted by Gasteiger charge is 2.19. The van der Waals surface area contributed by atoms with Gasteiger partial charge in [-0.3, -0.25) is 9.52 Å². The number of rotatable bonds is 8. The van der Waals surface area contributed by atoms with E-state index < -0.39 is 10.0 Å². The third-order valence-corrected chi connectivity index (χ3v) is 6.59. The number of hydrogen-bond acceptors (Lipinski definition) is 5. The number of sulfonamides is 1.